The van der Waals surface area contributed by atoms with E-state index in [1.807, 2.05) is 37.3 Å². The van der Waals surface area contributed by atoms with Crippen LogP contribution in [-0.4, -0.2) is 61.5 Å². The first kappa shape index (κ1) is 29.6. The summed E-state index contributed by atoms with van der Waals surface area (Å²) in [7, 11) is -3.44. The van der Waals surface area contributed by atoms with Crippen molar-refractivity contribution >= 4 is 21.9 Å². The Hall–Kier alpha value is -1.97. The van der Waals surface area contributed by atoms with Gasteiger partial charge in [-0.1, -0.05) is 56.5 Å². The van der Waals surface area contributed by atoms with Crippen molar-refractivity contribution in [3.05, 3.63) is 35.9 Å². The van der Waals surface area contributed by atoms with Gasteiger partial charge in [0.05, 0.1) is 18.0 Å². The molecular weight excluding hydrogens is 492 g/mol. The van der Waals surface area contributed by atoms with Crippen molar-refractivity contribution in [1.82, 2.24) is 9.62 Å². The first-order valence-electron chi connectivity index (χ1n) is 14.0. The molecule has 0 radical (unpaired) electrons. The summed E-state index contributed by atoms with van der Waals surface area (Å²) in [6.07, 6.45) is 9.20. The van der Waals surface area contributed by atoms with Gasteiger partial charge >= 0.3 is 5.97 Å². The molecule has 0 aromatic heterocycles. The molecule has 0 aliphatic carbocycles. The molecule has 9 heteroatoms. The normalized spacial score (nSPS) is 23.0. The van der Waals surface area contributed by atoms with Crippen molar-refractivity contribution in [2.75, 3.05) is 19.6 Å². The first-order chi connectivity index (χ1) is 17.8. The Balaban J connectivity index is 1.39. The maximum atomic E-state index is 12.9. The number of unbranched alkanes of at least 4 members (excludes halogenated alkanes) is 3. The highest BCUT2D eigenvalue weighted by Crippen LogP contribution is 2.45. The molecule has 4 atom stereocenters. The van der Waals surface area contributed by atoms with Gasteiger partial charge in [0, 0.05) is 38.4 Å². The third kappa shape index (κ3) is 9.37. The first-order valence-corrected chi connectivity index (χ1v) is 15.6. The molecule has 0 saturated carbocycles. The fourth-order valence-corrected chi connectivity index (χ4v) is 7.48. The van der Waals surface area contributed by atoms with E-state index < -0.39 is 16.0 Å². The molecule has 1 aromatic rings. The minimum atomic E-state index is -3.44. The molecule has 37 heavy (non-hydrogen) atoms. The summed E-state index contributed by atoms with van der Waals surface area (Å²) in [6.45, 7) is 3.37. The average molecular weight is 537 g/mol. The highest BCUT2D eigenvalue weighted by atomic mass is 32.2. The van der Waals surface area contributed by atoms with E-state index in [-0.39, 0.29) is 30.3 Å². The third-order valence-electron chi connectivity index (χ3n) is 7.67. The third-order valence-corrected chi connectivity index (χ3v) is 9.52. The summed E-state index contributed by atoms with van der Waals surface area (Å²) < 4.78 is 33.5. The van der Waals surface area contributed by atoms with Crippen molar-refractivity contribution in [1.29, 1.82) is 0 Å². The molecule has 3 rings (SSSR count). The van der Waals surface area contributed by atoms with Gasteiger partial charge in [0.2, 0.25) is 15.9 Å². The number of hydrogen-bond donors (Lipinski definition) is 2. The summed E-state index contributed by atoms with van der Waals surface area (Å²) in [5.74, 6) is -0.0202. The fraction of sp³-hybridized carbons (Fsp3) is 0.714. The van der Waals surface area contributed by atoms with E-state index in [4.69, 9.17) is 9.84 Å². The number of benzene rings is 1. The zero-order valence-corrected chi connectivity index (χ0v) is 23.0. The summed E-state index contributed by atoms with van der Waals surface area (Å²) in [5.41, 5.74) is 0.768. The number of amides is 1. The number of nitrogens with zero attached hydrogens (tertiary/aromatic N) is 1. The second-order valence-electron chi connectivity index (χ2n) is 10.5. The van der Waals surface area contributed by atoms with E-state index in [1.165, 1.54) is 4.31 Å². The molecule has 1 amide bonds. The topological polar surface area (TPSA) is 113 Å². The van der Waals surface area contributed by atoms with Crippen LogP contribution in [0.25, 0.3) is 0 Å². The Morgan fingerprint density at radius 3 is 2.38 bits per heavy atom. The van der Waals surface area contributed by atoms with Crippen LogP contribution < -0.4 is 5.32 Å². The van der Waals surface area contributed by atoms with Crippen LogP contribution >= 0.6 is 0 Å². The van der Waals surface area contributed by atoms with Gasteiger partial charge in [-0.05, 0) is 50.0 Å². The molecular formula is C28H44N2O6S. The number of ether oxygens (including phenoxy) is 1. The maximum absolute atomic E-state index is 12.9. The van der Waals surface area contributed by atoms with Gasteiger partial charge in [-0.25, -0.2) is 12.7 Å². The van der Waals surface area contributed by atoms with E-state index in [9.17, 15) is 18.0 Å². The van der Waals surface area contributed by atoms with Crippen LogP contribution in [0.2, 0.25) is 0 Å². The molecule has 208 valence electrons. The standard InChI is InChI=1S/C28H44N2O6S/c1-2-18-30(37(34,35)21-22-11-6-5-7-12-22)19-10-14-27(31)29-20-24-23(25-16-17-26(24)36-25)13-8-3-4-9-15-28(32)33/h5-7,11-12,23-26H,2-4,8-10,13-21H2,1H3,(H,29,31)(H,32,33)/t23-,24+,25-,26+/m0/s1. The average Bonchev–Trinajstić information content (AvgIpc) is 3.46. The van der Waals surface area contributed by atoms with Crippen LogP contribution in [0, 0.1) is 11.8 Å². The summed E-state index contributed by atoms with van der Waals surface area (Å²) in [5, 5.41) is 11.9. The Labute approximate surface area is 222 Å². The van der Waals surface area contributed by atoms with Crippen LogP contribution in [0.15, 0.2) is 30.3 Å². The monoisotopic (exact) mass is 536 g/mol. The van der Waals surface area contributed by atoms with Gasteiger partial charge < -0.3 is 15.2 Å². The SMILES string of the molecule is CCCN(CCCC(=O)NC[C@@H]1[C@H](CCCCCCC(=O)O)[C@@H]2CC[C@H]1O2)S(=O)(=O)Cc1ccccc1. The van der Waals surface area contributed by atoms with Crippen LogP contribution in [0.5, 0.6) is 0 Å². The number of sulfonamides is 1. The Morgan fingerprint density at radius 2 is 1.68 bits per heavy atom. The number of carboxylic acids is 1. The summed E-state index contributed by atoms with van der Waals surface area (Å²) in [6, 6.07) is 9.19. The Morgan fingerprint density at radius 1 is 0.973 bits per heavy atom. The van der Waals surface area contributed by atoms with E-state index in [0.717, 1.165) is 56.9 Å². The van der Waals surface area contributed by atoms with E-state index in [2.05, 4.69) is 5.32 Å². The highest BCUT2D eigenvalue weighted by Gasteiger charge is 2.48. The van der Waals surface area contributed by atoms with Gasteiger partial charge in [-0.2, -0.15) is 0 Å². The van der Waals surface area contributed by atoms with Gasteiger partial charge in [0.25, 0.3) is 0 Å². The van der Waals surface area contributed by atoms with Crippen molar-refractivity contribution in [3.63, 3.8) is 0 Å². The molecule has 2 fully saturated rings. The Kier molecular flexibility index (Phi) is 11.9. The number of fused-ring (bicyclic) bond motifs is 2. The van der Waals surface area contributed by atoms with Crippen LogP contribution in [0.3, 0.4) is 0 Å². The molecule has 2 bridgehead atoms. The molecule has 2 N–H and O–H groups in total. The molecule has 2 heterocycles. The van der Waals surface area contributed by atoms with Crippen molar-refractivity contribution in [2.45, 2.75) is 95.5 Å². The molecule has 2 saturated heterocycles. The zero-order valence-electron chi connectivity index (χ0n) is 22.1. The van der Waals surface area contributed by atoms with Gasteiger partial charge in [0.1, 0.15) is 0 Å². The molecule has 0 unspecified atom stereocenters. The Bertz CT molecular complexity index is 955. The van der Waals surface area contributed by atoms with E-state index >= 15 is 0 Å². The number of carbonyl (C=O) groups excluding carboxylic acids is 1. The van der Waals surface area contributed by atoms with Crippen molar-refractivity contribution in [3.8, 4) is 0 Å². The summed E-state index contributed by atoms with van der Waals surface area (Å²) >= 11 is 0. The highest BCUT2D eigenvalue weighted by molar-refractivity contribution is 7.88. The molecule has 1 aromatic carbocycles. The van der Waals surface area contributed by atoms with Crippen molar-refractivity contribution in [2.24, 2.45) is 11.8 Å². The quantitative estimate of drug-likeness (QED) is 0.270. The molecule has 0 spiro atoms. The number of rotatable bonds is 18. The molecule has 2 aliphatic rings. The van der Waals surface area contributed by atoms with Crippen molar-refractivity contribution < 1.29 is 27.9 Å². The molecule has 8 nitrogen and oxygen atoms in total. The number of nitrogens with one attached hydrogen (secondary N) is 1. The van der Waals surface area contributed by atoms with Crippen LogP contribution in [-0.2, 0) is 30.1 Å². The lowest BCUT2D eigenvalue weighted by molar-refractivity contribution is -0.137. The van der Waals surface area contributed by atoms with Gasteiger partial charge in [-0.3, -0.25) is 9.59 Å². The van der Waals surface area contributed by atoms with Gasteiger partial charge in [0.15, 0.2) is 0 Å². The van der Waals surface area contributed by atoms with Gasteiger partial charge in [-0.15, -0.1) is 0 Å². The zero-order chi connectivity index (χ0) is 26.7. The predicted octanol–water partition coefficient (Wildman–Crippen LogP) is 4.34. The lowest BCUT2D eigenvalue weighted by Crippen LogP contribution is -2.38. The molecule has 2 aliphatic heterocycles. The summed E-state index contributed by atoms with van der Waals surface area (Å²) in [4.78, 5) is 23.3. The van der Waals surface area contributed by atoms with E-state index in [0.29, 0.717) is 44.3 Å². The minimum Gasteiger partial charge on any atom is -0.481 e. The number of aliphatic carboxylic acids is 1. The predicted molar refractivity (Wildman–Crippen MR) is 143 cm³/mol. The number of hydrogen-bond acceptors (Lipinski definition) is 5. The second-order valence-corrected chi connectivity index (χ2v) is 12.5. The lowest BCUT2D eigenvalue weighted by Gasteiger charge is -2.28. The second kappa shape index (κ2) is 14.8. The minimum absolute atomic E-state index is 0.0226. The maximum Gasteiger partial charge on any atom is 0.303 e. The number of carbonyl (C=O) groups is 2. The van der Waals surface area contributed by atoms with Crippen LogP contribution in [0.1, 0.15) is 83.1 Å². The number of carboxylic acid groups (broad SMARTS) is 1. The van der Waals surface area contributed by atoms with Crippen LogP contribution in [0.4, 0.5) is 0 Å². The fourth-order valence-electron chi connectivity index (χ4n) is 5.81. The smallest absolute Gasteiger partial charge is 0.303 e. The van der Waals surface area contributed by atoms with E-state index in [1.54, 1.807) is 0 Å². The largest absolute Gasteiger partial charge is 0.481 e. The lowest BCUT2D eigenvalue weighted by atomic mass is 9.76.